The van der Waals surface area contributed by atoms with Gasteiger partial charge in [0.05, 0.1) is 24.9 Å². The molecule has 0 atom stereocenters. The number of nitrogens with zero attached hydrogens (tertiary/aromatic N) is 1. The average Bonchev–Trinajstić information content (AvgIpc) is 2.20. The molecule has 0 saturated heterocycles. The number of hydrogen-bond donors (Lipinski definition) is 0. The van der Waals surface area contributed by atoms with Gasteiger partial charge in [-0.2, -0.15) is 0 Å². The van der Waals surface area contributed by atoms with Crippen LogP contribution in [0.25, 0.3) is 0 Å². The number of alkyl halides is 2. The van der Waals surface area contributed by atoms with Gasteiger partial charge in [-0.1, -0.05) is 0 Å². The van der Waals surface area contributed by atoms with E-state index in [2.05, 4.69) is 9.72 Å². The Balaban J connectivity index is 2.90. The van der Waals surface area contributed by atoms with Gasteiger partial charge in [0.25, 0.3) is 6.43 Å². The first kappa shape index (κ1) is 12.5. The standard InChI is InChI=1S/C10H10F3NO2/c1-2-16-9(15)4-8-7(10(12)13)3-6(11)5-14-8/h3,5,10H,2,4H2,1H3. The molecule has 0 N–H and O–H groups in total. The maximum Gasteiger partial charge on any atom is 0.311 e. The number of rotatable bonds is 4. The van der Waals surface area contributed by atoms with E-state index >= 15 is 0 Å². The number of aromatic nitrogens is 1. The summed E-state index contributed by atoms with van der Waals surface area (Å²) in [6.07, 6.45) is -2.46. The average molecular weight is 233 g/mol. The predicted molar refractivity (Wildman–Crippen MR) is 49.5 cm³/mol. The van der Waals surface area contributed by atoms with E-state index in [1.165, 1.54) is 0 Å². The molecular formula is C10H10F3NO2. The molecule has 0 aliphatic heterocycles. The number of carbonyl (C=O) groups is 1. The second kappa shape index (κ2) is 5.48. The van der Waals surface area contributed by atoms with Crippen molar-refractivity contribution in [3.8, 4) is 0 Å². The van der Waals surface area contributed by atoms with Crippen molar-refractivity contribution in [2.75, 3.05) is 6.61 Å². The molecule has 1 aromatic heterocycles. The first-order chi connectivity index (χ1) is 7.54. The van der Waals surface area contributed by atoms with Crippen molar-refractivity contribution in [3.05, 3.63) is 29.3 Å². The minimum atomic E-state index is -2.87. The Kier molecular flexibility index (Phi) is 4.28. The Hall–Kier alpha value is -1.59. The van der Waals surface area contributed by atoms with Crippen molar-refractivity contribution in [2.24, 2.45) is 0 Å². The second-order valence-electron chi connectivity index (χ2n) is 2.97. The minimum Gasteiger partial charge on any atom is -0.466 e. The maximum atomic E-state index is 12.7. The number of pyridine rings is 1. The molecular weight excluding hydrogens is 223 g/mol. The van der Waals surface area contributed by atoms with Crippen molar-refractivity contribution in [2.45, 2.75) is 19.8 Å². The van der Waals surface area contributed by atoms with Gasteiger partial charge in [0.2, 0.25) is 0 Å². The number of halogens is 3. The molecule has 1 aromatic rings. The Labute approximate surface area is 90.2 Å². The molecule has 0 aliphatic carbocycles. The summed E-state index contributed by atoms with van der Waals surface area (Å²) in [7, 11) is 0. The number of carbonyl (C=O) groups excluding carboxylic acids is 1. The van der Waals surface area contributed by atoms with Gasteiger partial charge in [-0.15, -0.1) is 0 Å². The number of ether oxygens (including phenoxy) is 1. The van der Waals surface area contributed by atoms with Gasteiger partial charge in [0, 0.05) is 5.56 Å². The van der Waals surface area contributed by atoms with E-state index in [1.54, 1.807) is 6.92 Å². The maximum absolute atomic E-state index is 12.7. The normalized spacial score (nSPS) is 10.6. The van der Waals surface area contributed by atoms with Gasteiger partial charge in [0.15, 0.2) is 0 Å². The molecule has 0 bridgehead atoms. The van der Waals surface area contributed by atoms with E-state index in [-0.39, 0.29) is 18.7 Å². The molecule has 3 nitrogen and oxygen atoms in total. The lowest BCUT2D eigenvalue weighted by molar-refractivity contribution is -0.142. The van der Waals surface area contributed by atoms with Crippen LogP contribution in [0.15, 0.2) is 12.3 Å². The van der Waals surface area contributed by atoms with Crippen molar-refractivity contribution < 1.29 is 22.7 Å². The SMILES string of the molecule is CCOC(=O)Cc1ncc(F)cc1C(F)F. The minimum absolute atomic E-state index is 0.157. The number of esters is 1. The van der Waals surface area contributed by atoms with Crippen LogP contribution in [0.1, 0.15) is 24.6 Å². The van der Waals surface area contributed by atoms with E-state index in [0.29, 0.717) is 6.07 Å². The molecule has 0 aliphatic rings. The molecule has 1 heterocycles. The Morgan fingerprint density at radius 3 is 2.81 bits per heavy atom. The van der Waals surface area contributed by atoms with Crippen LogP contribution in [0.2, 0.25) is 0 Å². The fourth-order valence-corrected chi connectivity index (χ4v) is 1.17. The van der Waals surface area contributed by atoms with Crippen molar-refractivity contribution in [1.29, 1.82) is 0 Å². The van der Waals surface area contributed by atoms with Crippen LogP contribution < -0.4 is 0 Å². The van der Waals surface area contributed by atoms with Gasteiger partial charge in [-0.25, -0.2) is 13.2 Å². The summed E-state index contributed by atoms with van der Waals surface area (Å²) in [5.41, 5.74) is -0.733. The molecule has 0 radical (unpaired) electrons. The largest absolute Gasteiger partial charge is 0.466 e. The van der Waals surface area contributed by atoms with Crippen LogP contribution in [0.3, 0.4) is 0 Å². The van der Waals surface area contributed by atoms with Crippen LogP contribution in [0, 0.1) is 5.82 Å². The lowest BCUT2D eigenvalue weighted by Gasteiger charge is -2.07. The van der Waals surface area contributed by atoms with E-state index in [0.717, 1.165) is 6.20 Å². The summed E-state index contributed by atoms with van der Waals surface area (Å²) in [5.74, 6) is -1.52. The summed E-state index contributed by atoms with van der Waals surface area (Å²) >= 11 is 0. The highest BCUT2D eigenvalue weighted by atomic mass is 19.3. The summed E-state index contributed by atoms with van der Waals surface area (Å²) in [5, 5.41) is 0. The molecule has 6 heteroatoms. The van der Waals surface area contributed by atoms with Gasteiger partial charge in [0.1, 0.15) is 5.82 Å². The van der Waals surface area contributed by atoms with Gasteiger partial charge in [-0.05, 0) is 13.0 Å². The third-order valence-corrected chi connectivity index (χ3v) is 1.82. The monoisotopic (exact) mass is 233 g/mol. The highest BCUT2D eigenvalue weighted by Gasteiger charge is 2.18. The first-order valence-corrected chi connectivity index (χ1v) is 4.62. The van der Waals surface area contributed by atoms with Gasteiger partial charge in [-0.3, -0.25) is 9.78 Å². The molecule has 0 saturated carbocycles. The molecule has 1 rings (SSSR count). The van der Waals surface area contributed by atoms with Gasteiger partial charge < -0.3 is 4.74 Å². The van der Waals surface area contributed by atoms with E-state index in [1.807, 2.05) is 0 Å². The van der Waals surface area contributed by atoms with Crippen LogP contribution in [0.5, 0.6) is 0 Å². The zero-order valence-electron chi connectivity index (χ0n) is 8.54. The van der Waals surface area contributed by atoms with Gasteiger partial charge >= 0.3 is 5.97 Å². The molecule has 0 spiro atoms. The summed E-state index contributed by atoms with van der Waals surface area (Å²) < 4.78 is 42.2. The highest BCUT2D eigenvalue weighted by Crippen LogP contribution is 2.22. The van der Waals surface area contributed by atoms with Crippen LogP contribution in [-0.4, -0.2) is 17.6 Å². The molecule has 0 amide bonds. The second-order valence-corrected chi connectivity index (χ2v) is 2.97. The van der Waals surface area contributed by atoms with Crippen LogP contribution in [-0.2, 0) is 16.0 Å². The summed E-state index contributed by atoms with van der Waals surface area (Å²) in [6, 6.07) is 0.673. The first-order valence-electron chi connectivity index (χ1n) is 4.62. The van der Waals surface area contributed by atoms with E-state index in [4.69, 9.17) is 0 Å². The molecule has 0 aromatic carbocycles. The van der Waals surface area contributed by atoms with Crippen molar-refractivity contribution in [1.82, 2.24) is 4.98 Å². The van der Waals surface area contributed by atoms with Crippen LogP contribution in [0.4, 0.5) is 13.2 Å². The lowest BCUT2D eigenvalue weighted by atomic mass is 10.1. The fraction of sp³-hybridized carbons (Fsp3) is 0.400. The number of hydrogen-bond acceptors (Lipinski definition) is 3. The van der Waals surface area contributed by atoms with E-state index in [9.17, 15) is 18.0 Å². The third kappa shape index (κ3) is 3.22. The molecule has 16 heavy (non-hydrogen) atoms. The Morgan fingerprint density at radius 1 is 1.56 bits per heavy atom. The lowest BCUT2D eigenvalue weighted by Crippen LogP contribution is -2.11. The van der Waals surface area contributed by atoms with Crippen molar-refractivity contribution in [3.63, 3.8) is 0 Å². The Morgan fingerprint density at radius 2 is 2.25 bits per heavy atom. The fourth-order valence-electron chi connectivity index (χ4n) is 1.17. The smallest absolute Gasteiger partial charge is 0.311 e. The molecule has 0 fully saturated rings. The zero-order valence-corrected chi connectivity index (χ0v) is 8.54. The van der Waals surface area contributed by atoms with E-state index < -0.39 is 23.8 Å². The zero-order chi connectivity index (χ0) is 12.1. The molecule has 0 unspecified atom stereocenters. The van der Waals surface area contributed by atoms with Crippen LogP contribution >= 0.6 is 0 Å². The summed E-state index contributed by atoms with van der Waals surface area (Å²) in [6.45, 7) is 1.76. The Bertz CT molecular complexity index is 382. The quantitative estimate of drug-likeness (QED) is 0.749. The predicted octanol–water partition coefficient (Wildman–Crippen LogP) is 2.26. The molecule has 88 valence electrons. The third-order valence-electron chi connectivity index (χ3n) is 1.82. The topological polar surface area (TPSA) is 39.2 Å². The van der Waals surface area contributed by atoms with Crippen molar-refractivity contribution >= 4 is 5.97 Å². The summed E-state index contributed by atoms with van der Waals surface area (Å²) in [4.78, 5) is 14.5. The highest BCUT2D eigenvalue weighted by molar-refractivity contribution is 5.72.